The van der Waals surface area contributed by atoms with Crippen molar-refractivity contribution in [2.45, 2.75) is 38.3 Å². The minimum Gasteiger partial charge on any atom is -0.300 e. The average molecular weight is 146 g/mol. The van der Waals surface area contributed by atoms with Crippen LogP contribution >= 0.6 is 0 Å². The first kappa shape index (κ1) is 8.89. The van der Waals surface area contributed by atoms with Gasteiger partial charge in [0.25, 0.3) is 0 Å². The fourth-order valence-corrected chi connectivity index (χ4v) is 1.47. The number of ketones is 1. The van der Waals surface area contributed by atoms with Crippen LogP contribution in [0.2, 0.25) is 11.6 Å². The van der Waals surface area contributed by atoms with Crippen molar-refractivity contribution in [1.82, 2.24) is 0 Å². The lowest BCUT2D eigenvalue weighted by Gasteiger charge is -2.40. The van der Waals surface area contributed by atoms with Gasteiger partial charge in [-0.1, -0.05) is 19.7 Å². The minimum atomic E-state index is -0.446. The third-order valence-corrected chi connectivity index (χ3v) is 2.68. The van der Waals surface area contributed by atoms with E-state index in [0.717, 1.165) is 6.42 Å². The van der Waals surface area contributed by atoms with Crippen LogP contribution in [0.15, 0.2) is 0 Å². The summed E-state index contributed by atoms with van der Waals surface area (Å²) in [6, 6.07) is 0. The summed E-state index contributed by atoms with van der Waals surface area (Å²) >= 11 is 0. The highest BCUT2D eigenvalue weighted by atomic mass is 16.1. The van der Waals surface area contributed by atoms with E-state index >= 15 is 0 Å². The Kier molecular flexibility index (Phi) is 2.17. The van der Waals surface area contributed by atoms with E-state index in [4.69, 9.17) is 15.7 Å². The van der Waals surface area contributed by atoms with Crippen molar-refractivity contribution in [1.29, 1.82) is 0 Å². The first-order chi connectivity index (χ1) is 4.95. The summed E-state index contributed by atoms with van der Waals surface area (Å²) in [5.41, 5.74) is 0.0212. The number of hydrogen-bond donors (Lipinski definition) is 0. The second-order valence-electron chi connectivity index (χ2n) is 4.01. The van der Waals surface area contributed by atoms with Gasteiger partial charge in [0.2, 0.25) is 0 Å². The average Bonchev–Trinajstić information content (AvgIpc) is 1.95. The van der Waals surface area contributed by atoms with Crippen LogP contribution in [-0.4, -0.2) is 21.5 Å². The number of carbonyl (C=O) groups excluding carboxylic acids is 1. The third kappa shape index (κ3) is 1.52. The molecule has 1 nitrogen and oxygen atoms in total. The van der Waals surface area contributed by atoms with Crippen LogP contribution in [0.5, 0.6) is 0 Å². The Morgan fingerprint density at radius 1 is 1.45 bits per heavy atom. The van der Waals surface area contributed by atoms with Gasteiger partial charge < -0.3 is 4.79 Å². The Labute approximate surface area is 70.8 Å². The van der Waals surface area contributed by atoms with Crippen molar-refractivity contribution in [2.24, 2.45) is 5.41 Å². The van der Waals surface area contributed by atoms with Gasteiger partial charge in [0.05, 0.1) is 15.7 Å². The fraction of sp³-hybridized carbons (Fsp3) is 0.875. The van der Waals surface area contributed by atoms with E-state index in [-0.39, 0.29) is 17.0 Å². The van der Waals surface area contributed by atoms with Crippen LogP contribution in [0, 0.1) is 5.41 Å². The molecule has 2 unspecified atom stereocenters. The Balaban J connectivity index is 2.75. The molecule has 0 aromatic heterocycles. The summed E-state index contributed by atoms with van der Waals surface area (Å²) in [4.78, 5) is 11.1. The molecular weight excluding hydrogens is 134 g/mol. The van der Waals surface area contributed by atoms with E-state index in [0.29, 0.717) is 6.42 Å². The van der Waals surface area contributed by atoms with Crippen molar-refractivity contribution in [3.05, 3.63) is 0 Å². The molecule has 1 aliphatic rings. The highest BCUT2D eigenvalue weighted by Crippen LogP contribution is 2.46. The van der Waals surface area contributed by atoms with Crippen LogP contribution in [0.25, 0.3) is 0 Å². The molecule has 0 aromatic rings. The second-order valence-corrected chi connectivity index (χ2v) is 4.01. The van der Waals surface area contributed by atoms with E-state index < -0.39 is 5.82 Å². The first-order valence-corrected chi connectivity index (χ1v) is 3.99. The maximum absolute atomic E-state index is 11.1. The molecule has 0 bridgehead atoms. The Hall–Kier alpha value is -0.200. The lowest BCUT2D eigenvalue weighted by Crippen LogP contribution is -2.33. The molecule has 1 rings (SSSR count). The van der Waals surface area contributed by atoms with Gasteiger partial charge in [0, 0.05) is 6.42 Å². The van der Waals surface area contributed by atoms with Gasteiger partial charge in [-0.05, 0) is 17.7 Å². The Morgan fingerprint density at radius 3 is 2.45 bits per heavy atom. The molecule has 3 heteroatoms. The molecule has 56 valence electrons. The highest BCUT2D eigenvalue weighted by Gasteiger charge is 2.36. The van der Waals surface area contributed by atoms with Crippen molar-refractivity contribution in [3.8, 4) is 0 Å². The Morgan fingerprint density at radius 2 is 2.00 bits per heavy atom. The van der Waals surface area contributed by atoms with Crippen molar-refractivity contribution in [3.63, 3.8) is 0 Å². The monoisotopic (exact) mass is 146 g/mol. The van der Waals surface area contributed by atoms with E-state index in [9.17, 15) is 4.79 Å². The highest BCUT2D eigenvalue weighted by molar-refractivity contribution is 6.31. The molecule has 0 spiro atoms. The zero-order valence-corrected chi connectivity index (χ0v) is 7.13. The Bertz CT molecular complexity index is 177. The molecule has 0 aromatic carbocycles. The van der Waals surface area contributed by atoms with E-state index in [2.05, 4.69) is 13.8 Å². The zero-order valence-electron chi connectivity index (χ0n) is 7.13. The summed E-state index contributed by atoms with van der Waals surface area (Å²) in [5.74, 6) is -0.515. The van der Waals surface area contributed by atoms with Gasteiger partial charge in [-0.25, -0.2) is 0 Å². The molecule has 1 saturated carbocycles. The van der Waals surface area contributed by atoms with Gasteiger partial charge in [0.15, 0.2) is 0 Å². The number of hydrogen-bond acceptors (Lipinski definition) is 1. The summed E-state index contributed by atoms with van der Waals surface area (Å²) in [7, 11) is 11.4. The van der Waals surface area contributed by atoms with Crippen LogP contribution in [-0.2, 0) is 4.79 Å². The predicted molar refractivity (Wildman–Crippen MR) is 47.0 cm³/mol. The van der Waals surface area contributed by atoms with Crippen LogP contribution in [0.3, 0.4) is 0 Å². The lowest BCUT2D eigenvalue weighted by atomic mass is 9.50. The molecule has 0 saturated heterocycles. The molecule has 0 N–H and O–H groups in total. The SMILES string of the molecule is [B]C1C(=O)CCC(C)(C)C1[B]. The fourth-order valence-electron chi connectivity index (χ4n) is 1.47. The summed E-state index contributed by atoms with van der Waals surface area (Å²) < 4.78 is 0. The summed E-state index contributed by atoms with van der Waals surface area (Å²) in [6.07, 6.45) is 1.45. The van der Waals surface area contributed by atoms with Crippen molar-refractivity contribution < 1.29 is 4.79 Å². The van der Waals surface area contributed by atoms with Gasteiger partial charge in [0.1, 0.15) is 5.78 Å². The standard InChI is InChI=1S/C8H12B2O/c1-8(2)4-3-5(11)6(9)7(8)10/h6-7H,3-4H2,1-2H3. The van der Waals surface area contributed by atoms with Crippen LogP contribution in [0.4, 0.5) is 0 Å². The predicted octanol–water partition coefficient (Wildman–Crippen LogP) is 1.29. The summed E-state index contributed by atoms with van der Waals surface area (Å²) in [6.45, 7) is 4.12. The molecule has 2 atom stereocenters. The van der Waals surface area contributed by atoms with Gasteiger partial charge >= 0.3 is 0 Å². The van der Waals surface area contributed by atoms with Gasteiger partial charge in [-0.2, -0.15) is 0 Å². The number of rotatable bonds is 0. The normalized spacial score (nSPS) is 37.1. The van der Waals surface area contributed by atoms with Crippen LogP contribution in [0.1, 0.15) is 26.7 Å². The third-order valence-electron chi connectivity index (χ3n) is 2.68. The molecule has 1 aliphatic carbocycles. The van der Waals surface area contributed by atoms with E-state index in [1.807, 2.05) is 0 Å². The minimum absolute atomic E-state index is 0.0212. The maximum Gasteiger partial charge on any atom is 0.126 e. The second kappa shape index (κ2) is 2.69. The van der Waals surface area contributed by atoms with E-state index in [1.165, 1.54) is 0 Å². The largest absolute Gasteiger partial charge is 0.300 e. The topological polar surface area (TPSA) is 17.1 Å². The molecule has 0 heterocycles. The van der Waals surface area contributed by atoms with Gasteiger partial charge in [-0.3, -0.25) is 0 Å². The van der Waals surface area contributed by atoms with Crippen molar-refractivity contribution in [2.75, 3.05) is 0 Å². The molecule has 1 fully saturated rings. The number of Topliss-reactive ketones (excluding diaryl/α,β-unsaturated/α-hetero) is 1. The lowest BCUT2D eigenvalue weighted by molar-refractivity contribution is -0.121. The smallest absolute Gasteiger partial charge is 0.126 e. The van der Waals surface area contributed by atoms with Gasteiger partial charge in [-0.15, -0.1) is 0 Å². The molecular formula is C8H12B2O. The quantitative estimate of drug-likeness (QED) is 0.470. The molecule has 4 radical (unpaired) electrons. The summed E-state index contributed by atoms with van der Waals surface area (Å²) in [5, 5.41) is 0. The molecule has 11 heavy (non-hydrogen) atoms. The molecule has 0 aliphatic heterocycles. The maximum atomic E-state index is 11.1. The van der Waals surface area contributed by atoms with Crippen molar-refractivity contribution >= 4 is 21.5 Å². The first-order valence-electron chi connectivity index (χ1n) is 3.99. The van der Waals surface area contributed by atoms with Crippen LogP contribution < -0.4 is 0 Å². The zero-order chi connectivity index (χ0) is 8.65. The number of carbonyl (C=O) groups is 1. The van der Waals surface area contributed by atoms with E-state index in [1.54, 1.807) is 0 Å². The molecule has 0 amide bonds.